The zero-order valence-electron chi connectivity index (χ0n) is 24.2. The van der Waals surface area contributed by atoms with Gasteiger partial charge in [0.15, 0.2) is 0 Å². The second-order valence-corrected chi connectivity index (χ2v) is 16.8. The van der Waals surface area contributed by atoms with Crippen molar-refractivity contribution >= 4 is 26.3 Å². The first-order valence-electron chi connectivity index (χ1n) is 12.8. The van der Waals surface area contributed by atoms with Gasteiger partial charge in [0.1, 0.15) is 12.2 Å². The molecule has 0 aliphatic carbocycles. The number of carbonyl (C=O) groups is 3. The van der Waals surface area contributed by atoms with Crippen molar-refractivity contribution in [3.05, 3.63) is 48.0 Å². The van der Waals surface area contributed by atoms with E-state index in [0.717, 1.165) is 0 Å². The van der Waals surface area contributed by atoms with E-state index >= 15 is 0 Å². The maximum Gasteiger partial charge on any atom is 0.442 e. The molecule has 1 aliphatic heterocycles. The van der Waals surface area contributed by atoms with Crippen molar-refractivity contribution in [2.75, 3.05) is 6.61 Å². The summed E-state index contributed by atoms with van der Waals surface area (Å²) in [4.78, 5) is 39.5. The van der Waals surface area contributed by atoms with Crippen LogP contribution in [0.1, 0.15) is 59.1 Å². The van der Waals surface area contributed by atoms with E-state index in [1.807, 2.05) is 33.9 Å². The highest BCUT2D eigenvalue weighted by molar-refractivity contribution is 6.74. The summed E-state index contributed by atoms with van der Waals surface area (Å²) in [6.45, 7) is 17.8. The molecule has 2 rings (SSSR count). The van der Waals surface area contributed by atoms with Gasteiger partial charge >= 0.3 is 23.9 Å². The number of benzene rings is 1. The lowest BCUT2D eigenvalue weighted by atomic mass is 9.93. The molecule has 13 heteroatoms. The summed E-state index contributed by atoms with van der Waals surface area (Å²) in [5, 5.41) is 6.59. The van der Waals surface area contributed by atoms with Crippen LogP contribution in [0.5, 0.6) is 0 Å². The number of hydroxylamine groups is 2. The maximum absolute atomic E-state index is 13.5. The third-order valence-corrected chi connectivity index (χ3v) is 10.8. The number of hydrogen-bond donors (Lipinski definition) is 0. The molecule has 0 bridgehead atoms. The van der Waals surface area contributed by atoms with Crippen molar-refractivity contribution in [2.45, 2.75) is 90.0 Å². The van der Waals surface area contributed by atoms with Gasteiger partial charge in [0, 0.05) is 12.0 Å². The van der Waals surface area contributed by atoms with Crippen molar-refractivity contribution < 1.29 is 41.6 Å². The predicted octanol–water partition coefficient (Wildman–Crippen LogP) is 6.85. The van der Waals surface area contributed by atoms with Gasteiger partial charge in [-0.2, -0.15) is 13.2 Å². The first-order valence-corrected chi connectivity index (χ1v) is 15.7. The minimum Gasteiger partial charge on any atom is -0.461 e. The molecule has 0 saturated carbocycles. The second-order valence-electron chi connectivity index (χ2n) is 12.1. The van der Waals surface area contributed by atoms with E-state index in [-0.39, 0.29) is 23.6 Å². The Morgan fingerprint density at radius 3 is 2.02 bits per heavy atom. The molecule has 0 aromatic heterocycles. The smallest absolute Gasteiger partial charge is 0.442 e. The standard InChI is InChI=1S/C27H38F3N3O6Si/c1-10-15-37-22(35)19(16-18-11-13-20(14-12-18)26(31-32-26)27(28,29)30)17-21(34)33(23(36)38-24(2,3)4)39-40(8,9)25(5,6)7/h10-14,19H,1,15-17H2,2-9H3/t19-/m1/s1. The number of ether oxygens (including phenoxy) is 2. The molecule has 0 fully saturated rings. The molecule has 1 aromatic rings. The van der Waals surface area contributed by atoms with Gasteiger partial charge < -0.3 is 14.0 Å². The third-order valence-electron chi connectivity index (χ3n) is 6.54. The van der Waals surface area contributed by atoms with Crippen LogP contribution < -0.4 is 0 Å². The van der Waals surface area contributed by atoms with Crippen molar-refractivity contribution in [1.29, 1.82) is 0 Å². The minimum atomic E-state index is -4.67. The molecule has 1 atom stereocenters. The second kappa shape index (κ2) is 11.8. The third kappa shape index (κ3) is 8.23. The van der Waals surface area contributed by atoms with Crippen LogP contribution in [0.15, 0.2) is 47.1 Å². The van der Waals surface area contributed by atoms with E-state index < -0.39 is 56.1 Å². The predicted molar refractivity (Wildman–Crippen MR) is 143 cm³/mol. The van der Waals surface area contributed by atoms with Crippen LogP contribution in [0.2, 0.25) is 18.1 Å². The Hall–Kier alpha value is -3.06. The number of nitrogens with zero attached hydrogens (tertiary/aromatic N) is 3. The number of amides is 2. The summed E-state index contributed by atoms with van der Waals surface area (Å²) in [7, 11) is -2.71. The molecular formula is C27H38F3N3O6Si. The number of hydrogen-bond acceptors (Lipinski definition) is 8. The van der Waals surface area contributed by atoms with E-state index in [0.29, 0.717) is 10.6 Å². The van der Waals surface area contributed by atoms with Gasteiger partial charge in [0.05, 0.1) is 5.92 Å². The Balaban J connectivity index is 2.34. The summed E-state index contributed by atoms with van der Waals surface area (Å²) in [5.74, 6) is -2.64. The molecule has 1 heterocycles. The van der Waals surface area contributed by atoms with Gasteiger partial charge in [-0.3, -0.25) is 9.59 Å². The fraction of sp³-hybridized carbons (Fsp3) is 0.593. The van der Waals surface area contributed by atoms with Gasteiger partial charge in [-0.05, 0) is 50.9 Å². The average molecular weight is 586 g/mol. The maximum atomic E-state index is 13.5. The molecule has 40 heavy (non-hydrogen) atoms. The van der Waals surface area contributed by atoms with Crippen LogP contribution in [-0.4, -0.2) is 49.7 Å². The molecule has 222 valence electrons. The minimum absolute atomic E-state index is 0.0580. The van der Waals surface area contributed by atoms with Crippen molar-refractivity contribution in [2.24, 2.45) is 16.1 Å². The lowest BCUT2D eigenvalue weighted by Crippen LogP contribution is -2.52. The normalized spacial score (nSPS) is 15.7. The van der Waals surface area contributed by atoms with E-state index in [4.69, 9.17) is 14.0 Å². The van der Waals surface area contributed by atoms with Gasteiger partial charge in [-0.1, -0.05) is 57.7 Å². The summed E-state index contributed by atoms with van der Waals surface area (Å²) in [5.41, 5.74) is -3.20. The van der Waals surface area contributed by atoms with Crippen LogP contribution in [0.4, 0.5) is 18.0 Å². The molecule has 9 nitrogen and oxygen atoms in total. The quantitative estimate of drug-likeness (QED) is 0.129. The number of esters is 1. The highest BCUT2D eigenvalue weighted by Gasteiger charge is 2.65. The lowest BCUT2D eigenvalue weighted by Gasteiger charge is -2.39. The van der Waals surface area contributed by atoms with E-state index in [2.05, 4.69) is 16.8 Å². The number of rotatable bonds is 10. The topological polar surface area (TPSA) is 107 Å². The van der Waals surface area contributed by atoms with E-state index in [1.165, 1.54) is 30.3 Å². The molecule has 0 saturated heterocycles. The average Bonchev–Trinajstić information content (AvgIpc) is 3.61. The van der Waals surface area contributed by atoms with Crippen molar-refractivity contribution in [1.82, 2.24) is 5.06 Å². The van der Waals surface area contributed by atoms with Gasteiger partial charge in [-0.25, -0.2) is 4.79 Å². The highest BCUT2D eigenvalue weighted by Crippen LogP contribution is 2.52. The Morgan fingerprint density at radius 2 is 1.60 bits per heavy atom. The molecule has 0 N–H and O–H groups in total. The number of carbonyl (C=O) groups excluding carboxylic acids is 3. The van der Waals surface area contributed by atoms with Crippen molar-refractivity contribution in [3.63, 3.8) is 0 Å². The monoisotopic (exact) mass is 585 g/mol. The summed E-state index contributed by atoms with van der Waals surface area (Å²) < 4.78 is 56.7. The number of alkyl halides is 3. The van der Waals surface area contributed by atoms with E-state index in [1.54, 1.807) is 20.8 Å². The number of imide groups is 1. The molecule has 0 unspecified atom stereocenters. The van der Waals surface area contributed by atoms with Crippen molar-refractivity contribution in [3.8, 4) is 0 Å². The molecule has 2 amide bonds. The van der Waals surface area contributed by atoms with E-state index in [9.17, 15) is 27.6 Å². The largest absolute Gasteiger partial charge is 0.461 e. The van der Waals surface area contributed by atoms with Crippen LogP contribution in [0.3, 0.4) is 0 Å². The molecular weight excluding hydrogens is 547 g/mol. The fourth-order valence-electron chi connectivity index (χ4n) is 3.25. The van der Waals surface area contributed by atoms with Gasteiger partial charge in [0.25, 0.3) is 5.91 Å². The van der Waals surface area contributed by atoms with Crippen LogP contribution in [0.25, 0.3) is 0 Å². The Morgan fingerprint density at radius 1 is 1.05 bits per heavy atom. The van der Waals surface area contributed by atoms with Crippen LogP contribution >= 0.6 is 0 Å². The van der Waals surface area contributed by atoms with Gasteiger partial charge in [0.2, 0.25) is 8.32 Å². The first kappa shape index (κ1) is 33.1. The first-order chi connectivity index (χ1) is 18.1. The molecule has 1 aliphatic rings. The van der Waals surface area contributed by atoms with Gasteiger partial charge in [-0.15, -0.1) is 15.3 Å². The van der Waals surface area contributed by atoms with Crippen LogP contribution in [-0.2, 0) is 35.7 Å². The highest BCUT2D eigenvalue weighted by atomic mass is 28.4. The summed E-state index contributed by atoms with van der Waals surface area (Å²) in [6.07, 6.45) is -4.87. The summed E-state index contributed by atoms with van der Waals surface area (Å²) >= 11 is 0. The Bertz CT molecular complexity index is 1130. The molecule has 0 spiro atoms. The Labute approximate surface area is 233 Å². The van der Waals surface area contributed by atoms with Crippen LogP contribution in [0, 0.1) is 5.92 Å². The number of halogens is 3. The molecule has 1 aromatic carbocycles. The Kier molecular flexibility index (Phi) is 9.79. The zero-order chi connectivity index (χ0) is 30.7. The zero-order valence-corrected chi connectivity index (χ0v) is 25.2. The lowest BCUT2D eigenvalue weighted by molar-refractivity contribution is -0.166. The SMILES string of the molecule is C=CCOC(=O)[C@@H](CC(=O)N(O[Si](C)(C)C(C)(C)C)C(=O)OC(C)(C)C)Cc1ccc(C2(C(F)(F)F)N=N2)cc1. The fourth-order valence-corrected chi connectivity index (χ4v) is 4.16. The summed E-state index contributed by atoms with van der Waals surface area (Å²) in [6, 6.07) is 5.26. The molecule has 0 radical (unpaired) electrons.